The molecule has 4 nitrogen and oxygen atoms in total. The molecular formula is C21H31NO3. The number of benzene rings is 1. The molecule has 1 aliphatic heterocycles. The second-order valence-corrected chi connectivity index (χ2v) is 6.46. The molecule has 1 aliphatic rings. The smallest absolute Gasteiger partial charge is 0.246 e. The molecule has 0 saturated carbocycles. The van der Waals surface area contributed by atoms with Gasteiger partial charge in [-0.25, -0.2) is 0 Å². The third-order valence-corrected chi connectivity index (χ3v) is 4.39. The summed E-state index contributed by atoms with van der Waals surface area (Å²) in [6.45, 7) is 5.62. The summed E-state index contributed by atoms with van der Waals surface area (Å²) in [6, 6.07) is 7.91. The lowest BCUT2D eigenvalue weighted by molar-refractivity contribution is -0.129. The molecule has 0 spiro atoms. The number of hydrogen-bond donors (Lipinski definition) is 0. The van der Waals surface area contributed by atoms with Crippen LogP contribution in [0.3, 0.4) is 0 Å². The van der Waals surface area contributed by atoms with Crippen molar-refractivity contribution in [2.24, 2.45) is 0 Å². The highest BCUT2D eigenvalue weighted by molar-refractivity contribution is 5.91. The summed E-state index contributed by atoms with van der Waals surface area (Å²) < 4.78 is 11.0. The van der Waals surface area contributed by atoms with Crippen molar-refractivity contribution in [3.8, 4) is 5.75 Å². The van der Waals surface area contributed by atoms with E-state index in [0.717, 1.165) is 24.3 Å². The van der Waals surface area contributed by atoms with Gasteiger partial charge < -0.3 is 14.4 Å². The van der Waals surface area contributed by atoms with E-state index in [1.165, 1.54) is 32.1 Å². The summed E-state index contributed by atoms with van der Waals surface area (Å²) in [4.78, 5) is 13.9. The minimum atomic E-state index is 0.0479. The molecule has 0 aromatic heterocycles. The summed E-state index contributed by atoms with van der Waals surface area (Å²) in [5, 5.41) is 0. The van der Waals surface area contributed by atoms with Crippen molar-refractivity contribution in [2.75, 3.05) is 32.9 Å². The van der Waals surface area contributed by atoms with Gasteiger partial charge in [-0.1, -0.05) is 51.2 Å². The number of carbonyl (C=O) groups excluding carboxylic acids is 1. The highest BCUT2D eigenvalue weighted by Gasteiger charge is 2.13. The number of amides is 1. The number of nitrogens with zero attached hydrogens (tertiary/aromatic N) is 1. The number of hydrogen-bond acceptors (Lipinski definition) is 3. The topological polar surface area (TPSA) is 38.8 Å². The van der Waals surface area contributed by atoms with E-state index < -0.39 is 0 Å². The van der Waals surface area contributed by atoms with Crippen LogP contribution in [0, 0.1) is 0 Å². The molecule has 1 amide bonds. The van der Waals surface area contributed by atoms with Crippen LogP contribution < -0.4 is 4.74 Å². The molecule has 138 valence electrons. The molecule has 1 fully saturated rings. The summed E-state index contributed by atoms with van der Waals surface area (Å²) in [5.41, 5.74) is 1.01. The molecule has 0 bridgehead atoms. The standard InChI is InChI=1S/C21H31NO3/c1-2-3-4-5-6-7-16-25-20-11-8-19(9-12-20)10-13-21(23)22-14-17-24-18-15-22/h8-13H,2-7,14-18H2,1H3/b13-10+. The molecule has 0 aliphatic carbocycles. The van der Waals surface area contributed by atoms with Gasteiger partial charge in [-0.2, -0.15) is 0 Å². The van der Waals surface area contributed by atoms with Crippen LogP contribution in [0.4, 0.5) is 0 Å². The third kappa shape index (κ3) is 7.74. The summed E-state index contributed by atoms with van der Waals surface area (Å²) >= 11 is 0. The second-order valence-electron chi connectivity index (χ2n) is 6.46. The monoisotopic (exact) mass is 345 g/mol. The molecular weight excluding hydrogens is 314 g/mol. The van der Waals surface area contributed by atoms with Gasteiger partial charge in [0, 0.05) is 19.2 Å². The van der Waals surface area contributed by atoms with Crippen LogP contribution in [-0.4, -0.2) is 43.7 Å². The zero-order valence-corrected chi connectivity index (χ0v) is 15.4. The Kier molecular flexibility index (Phi) is 9.13. The van der Waals surface area contributed by atoms with Crippen LogP contribution in [0.2, 0.25) is 0 Å². The third-order valence-electron chi connectivity index (χ3n) is 4.39. The first-order valence-electron chi connectivity index (χ1n) is 9.57. The fourth-order valence-electron chi connectivity index (χ4n) is 2.80. The van der Waals surface area contributed by atoms with E-state index in [-0.39, 0.29) is 5.91 Å². The van der Waals surface area contributed by atoms with E-state index in [0.29, 0.717) is 26.3 Å². The lowest BCUT2D eigenvalue weighted by Gasteiger charge is -2.25. The molecule has 0 unspecified atom stereocenters. The minimum Gasteiger partial charge on any atom is -0.494 e. The predicted octanol–water partition coefficient (Wildman–Crippen LogP) is 4.30. The van der Waals surface area contributed by atoms with Crippen molar-refractivity contribution < 1.29 is 14.3 Å². The van der Waals surface area contributed by atoms with Crippen LogP contribution in [-0.2, 0) is 9.53 Å². The molecule has 0 radical (unpaired) electrons. The van der Waals surface area contributed by atoms with Crippen molar-refractivity contribution in [1.29, 1.82) is 0 Å². The maximum absolute atomic E-state index is 12.1. The Balaban J connectivity index is 1.66. The molecule has 1 aromatic carbocycles. The summed E-state index contributed by atoms with van der Waals surface area (Å²) in [6.07, 6.45) is 11.1. The first-order chi connectivity index (χ1) is 12.3. The number of morpholine rings is 1. The molecule has 1 saturated heterocycles. The highest BCUT2D eigenvalue weighted by atomic mass is 16.5. The largest absolute Gasteiger partial charge is 0.494 e. The normalized spacial score (nSPS) is 14.8. The van der Waals surface area contributed by atoms with Crippen molar-refractivity contribution in [3.05, 3.63) is 35.9 Å². The SMILES string of the molecule is CCCCCCCCOc1ccc(/C=C/C(=O)N2CCOCC2)cc1. The highest BCUT2D eigenvalue weighted by Crippen LogP contribution is 2.14. The van der Waals surface area contributed by atoms with Gasteiger partial charge in [0.2, 0.25) is 5.91 Å². The van der Waals surface area contributed by atoms with E-state index in [1.54, 1.807) is 6.08 Å². The van der Waals surface area contributed by atoms with Gasteiger partial charge in [0.05, 0.1) is 19.8 Å². The number of unbranched alkanes of at least 4 members (excludes halogenated alkanes) is 5. The van der Waals surface area contributed by atoms with Crippen LogP contribution in [0.15, 0.2) is 30.3 Å². The minimum absolute atomic E-state index is 0.0479. The van der Waals surface area contributed by atoms with Crippen LogP contribution in [0.1, 0.15) is 51.0 Å². The fraction of sp³-hybridized carbons (Fsp3) is 0.571. The number of ether oxygens (including phenoxy) is 2. The van der Waals surface area contributed by atoms with Crippen molar-refractivity contribution in [1.82, 2.24) is 4.90 Å². The quantitative estimate of drug-likeness (QED) is 0.469. The van der Waals surface area contributed by atoms with E-state index in [4.69, 9.17) is 9.47 Å². The van der Waals surface area contributed by atoms with Crippen molar-refractivity contribution >= 4 is 12.0 Å². The Hall–Kier alpha value is -1.81. The van der Waals surface area contributed by atoms with Gasteiger partial charge in [-0.05, 0) is 30.2 Å². The second kappa shape index (κ2) is 11.7. The fourth-order valence-corrected chi connectivity index (χ4v) is 2.80. The van der Waals surface area contributed by atoms with Crippen LogP contribution in [0.25, 0.3) is 6.08 Å². The van der Waals surface area contributed by atoms with Gasteiger partial charge in [-0.3, -0.25) is 4.79 Å². The zero-order chi connectivity index (χ0) is 17.7. The molecule has 1 heterocycles. The Morgan fingerprint density at radius 1 is 1.08 bits per heavy atom. The zero-order valence-electron chi connectivity index (χ0n) is 15.4. The Morgan fingerprint density at radius 3 is 2.48 bits per heavy atom. The molecule has 2 rings (SSSR count). The Bertz CT molecular complexity index is 518. The first-order valence-corrected chi connectivity index (χ1v) is 9.57. The molecule has 0 atom stereocenters. The van der Waals surface area contributed by atoms with Gasteiger partial charge in [0.15, 0.2) is 0 Å². The van der Waals surface area contributed by atoms with E-state index in [9.17, 15) is 4.79 Å². The molecule has 1 aromatic rings. The lowest BCUT2D eigenvalue weighted by Crippen LogP contribution is -2.39. The average molecular weight is 345 g/mol. The molecule has 4 heteroatoms. The van der Waals surface area contributed by atoms with E-state index in [1.807, 2.05) is 35.2 Å². The predicted molar refractivity (Wildman–Crippen MR) is 102 cm³/mol. The molecule has 25 heavy (non-hydrogen) atoms. The van der Waals surface area contributed by atoms with Gasteiger partial charge >= 0.3 is 0 Å². The lowest BCUT2D eigenvalue weighted by atomic mass is 10.1. The Morgan fingerprint density at radius 2 is 1.76 bits per heavy atom. The first kappa shape index (κ1) is 19.5. The van der Waals surface area contributed by atoms with Crippen molar-refractivity contribution in [2.45, 2.75) is 45.4 Å². The van der Waals surface area contributed by atoms with Crippen LogP contribution in [0.5, 0.6) is 5.75 Å². The number of carbonyl (C=O) groups is 1. The average Bonchev–Trinajstić information content (AvgIpc) is 2.67. The maximum atomic E-state index is 12.1. The van der Waals surface area contributed by atoms with Gasteiger partial charge in [0.25, 0.3) is 0 Å². The van der Waals surface area contributed by atoms with E-state index >= 15 is 0 Å². The van der Waals surface area contributed by atoms with Crippen molar-refractivity contribution in [3.63, 3.8) is 0 Å². The Labute approximate surface area is 151 Å². The maximum Gasteiger partial charge on any atom is 0.246 e. The van der Waals surface area contributed by atoms with Crippen LogP contribution >= 0.6 is 0 Å². The summed E-state index contributed by atoms with van der Waals surface area (Å²) in [5.74, 6) is 0.942. The molecule has 0 N–H and O–H groups in total. The van der Waals surface area contributed by atoms with Gasteiger partial charge in [-0.15, -0.1) is 0 Å². The van der Waals surface area contributed by atoms with Gasteiger partial charge in [0.1, 0.15) is 5.75 Å². The van der Waals surface area contributed by atoms with E-state index in [2.05, 4.69) is 6.92 Å². The summed E-state index contributed by atoms with van der Waals surface area (Å²) in [7, 11) is 0. The number of rotatable bonds is 10.